The Morgan fingerprint density at radius 2 is 1.67 bits per heavy atom. The first-order valence-corrected chi connectivity index (χ1v) is 11.0. The monoisotopic (exact) mass is 404 g/mol. The maximum Gasteiger partial charge on any atom is 0.261 e. The van der Waals surface area contributed by atoms with Crippen LogP contribution in [0.15, 0.2) is 42.5 Å². The molecule has 5 nitrogen and oxygen atoms in total. The Kier molecular flexibility index (Phi) is 5.07. The number of ether oxygens (including phenoxy) is 1. The molecule has 0 spiro atoms. The van der Waals surface area contributed by atoms with Gasteiger partial charge in [0.1, 0.15) is 5.75 Å². The molecule has 2 amide bonds. The lowest BCUT2D eigenvalue weighted by Gasteiger charge is -2.34. The summed E-state index contributed by atoms with van der Waals surface area (Å²) in [5, 5.41) is 0. The molecule has 5 heteroatoms. The van der Waals surface area contributed by atoms with Crippen molar-refractivity contribution < 1.29 is 14.3 Å². The maximum atomic E-state index is 12.5. The van der Waals surface area contributed by atoms with Gasteiger partial charge in [-0.25, -0.2) is 0 Å². The summed E-state index contributed by atoms with van der Waals surface area (Å²) in [4.78, 5) is 29.0. The first-order valence-electron chi connectivity index (χ1n) is 11.0. The number of nitrogens with zero attached hydrogens (tertiary/aromatic N) is 2. The van der Waals surface area contributed by atoms with E-state index in [1.165, 1.54) is 28.9 Å². The molecule has 0 unspecified atom stereocenters. The van der Waals surface area contributed by atoms with Gasteiger partial charge in [-0.3, -0.25) is 19.4 Å². The zero-order chi connectivity index (χ0) is 20.7. The second kappa shape index (κ2) is 7.88. The van der Waals surface area contributed by atoms with Gasteiger partial charge in [-0.1, -0.05) is 24.3 Å². The Hall–Kier alpha value is -2.66. The number of carbonyl (C=O) groups excluding carboxylic acids is 2. The summed E-state index contributed by atoms with van der Waals surface area (Å²) in [6.07, 6.45) is 5.30. The van der Waals surface area contributed by atoms with E-state index in [0.29, 0.717) is 29.6 Å². The number of amides is 2. The van der Waals surface area contributed by atoms with Crippen LogP contribution >= 0.6 is 0 Å². The Bertz CT molecular complexity index is 951. The smallest absolute Gasteiger partial charge is 0.261 e. The molecular formula is C25H28N2O3. The minimum absolute atomic E-state index is 0.144. The molecule has 0 bridgehead atoms. The van der Waals surface area contributed by atoms with Crippen LogP contribution in [0.5, 0.6) is 5.75 Å². The van der Waals surface area contributed by atoms with E-state index in [4.69, 9.17) is 4.74 Å². The standard InChI is InChI=1S/C25H28N2O3/c1-30-23-10-6-9-17-18-13-16-26(22(18)12-11-19(17)23)14-4-5-15-27-24(28)20-7-2-3-8-21(20)25(27)29/h2-3,6-10,18,22H,4-5,11-16H2,1H3/t18-,22+/m1/s1. The van der Waals surface area contributed by atoms with Crippen LogP contribution in [0.4, 0.5) is 0 Å². The average molecular weight is 405 g/mol. The Labute approximate surface area is 177 Å². The van der Waals surface area contributed by atoms with Gasteiger partial charge in [0.15, 0.2) is 0 Å². The summed E-state index contributed by atoms with van der Waals surface area (Å²) in [5.41, 5.74) is 3.95. The van der Waals surface area contributed by atoms with Gasteiger partial charge in [0.25, 0.3) is 11.8 Å². The van der Waals surface area contributed by atoms with Gasteiger partial charge in [-0.2, -0.15) is 0 Å². The van der Waals surface area contributed by atoms with Crippen LogP contribution in [-0.2, 0) is 6.42 Å². The predicted molar refractivity (Wildman–Crippen MR) is 115 cm³/mol. The van der Waals surface area contributed by atoms with Crippen molar-refractivity contribution in [3.63, 3.8) is 0 Å². The van der Waals surface area contributed by atoms with Gasteiger partial charge in [-0.15, -0.1) is 0 Å². The molecule has 1 saturated heterocycles. The fourth-order valence-corrected chi connectivity index (χ4v) is 5.65. The number of benzene rings is 2. The summed E-state index contributed by atoms with van der Waals surface area (Å²) in [6, 6.07) is 14.2. The average Bonchev–Trinajstić information content (AvgIpc) is 3.31. The highest BCUT2D eigenvalue weighted by molar-refractivity contribution is 6.21. The van der Waals surface area contributed by atoms with Gasteiger partial charge in [-0.05, 0) is 74.5 Å². The van der Waals surface area contributed by atoms with Crippen LogP contribution in [0.2, 0.25) is 0 Å². The van der Waals surface area contributed by atoms with Gasteiger partial charge in [0.05, 0.1) is 18.2 Å². The summed E-state index contributed by atoms with van der Waals surface area (Å²) in [5.74, 6) is 1.34. The van der Waals surface area contributed by atoms with Gasteiger partial charge in [0, 0.05) is 18.5 Å². The number of hydrogen-bond donors (Lipinski definition) is 0. The molecule has 0 saturated carbocycles. The van der Waals surface area contributed by atoms with E-state index in [1.807, 2.05) is 12.1 Å². The van der Waals surface area contributed by atoms with E-state index in [9.17, 15) is 9.59 Å². The van der Waals surface area contributed by atoms with Crippen molar-refractivity contribution in [1.82, 2.24) is 9.80 Å². The van der Waals surface area contributed by atoms with Gasteiger partial charge >= 0.3 is 0 Å². The number of imide groups is 1. The van der Waals surface area contributed by atoms with Crippen molar-refractivity contribution in [3.8, 4) is 5.75 Å². The van der Waals surface area contributed by atoms with E-state index in [2.05, 4.69) is 23.1 Å². The molecule has 0 radical (unpaired) electrons. The Morgan fingerprint density at radius 3 is 2.40 bits per heavy atom. The molecule has 1 fully saturated rings. The molecule has 2 aliphatic heterocycles. The molecule has 0 aromatic heterocycles. The molecular weight excluding hydrogens is 376 g/mol. The summed E-state index contributed by atoms with van der Waals surface area (Å²) >= 11 is 0. The van der Waals surface area contributed by atoms with E-state index >= 15 is 0 Å². The van der Waals surface area contributed by atoms with Crippen molar-refractivity contribution in [3.05, 3.63) is 64.7 Å². The number of carbonyl (C=O) groups is 2. The lowest BCUT2D eigenvalue weighted by atomic mass is 9.79. The molecule has 1 aliphatic carbocycles. The van der Waals surface area contributed by atoms with Crippen molar-refractivity contribution in [2.24, 2.45) is 0 Å². The molecule has 156 valence electrons. The quantitative estimate of drug-likeness (QED) is 0.542. The Balaban J connectivity index is 1.16. The minimum Gasteiger partial charge on any atom is -0.496 e. The van der Waals surface area contributed by atoms with Crippen LogP contribution in [0.1, 0.15) is 63.4 Å². The van der Waals surface area contributed by atoms with E-state index in [-0.39, 0.29) is 11.8 Å². The van der Waals surface area contributed by atoms with Crippen molar-refractivity contribution in [2.75, 3.05) is 26.7 Å². The number of likely N-dealkylation sites (tertiary alicyclic amines) is 1. The summed E-state index contributed by atoms with van der Waals surface area (Å²) in [7, 11) is 1.76. The largest absolute Gasteiger partial charge is 0.496 e. The lowest BCUT2D eigenvalue weighted by Crippen LogP contribution is -2.36. The highest BCUT2D eigenvalue weighted by Crippen LogP contribution is 2.44. The lowest BCUT2D eigenvalue weighted by molar-refractivity contribution is 0.0650. The zero-order valence-corrected chi connectivity index (χ0v) is 17.5. The molecule has 0 N–H and O–H groups in total. The topological polar surface area (TPSA) is 49.9 Å². The molecule has 2 aromatic carbocycles. The molecule has 2 heterocycles. The van der Waals surface area contributed by atoms with Gasteiger partial charge in [0.2, 0.25) is 0 Å². The number of methoxy groups -OCH3 is 1. The van der Waals surface area contributed by atoms with E-state index in [1.54, 1.807) is 19.2 Å². The summed E-state index contributed by atoms with van der Waals surface area (Å²) in [6.45, 7) is 2.66. The predicted octanol–water partition coefficient (Wildman–Crippen LogP) is 3.88. The number of hydrogen-bond acceptors (Lipinski definition) is 4. The zero-order valence-electron chi connectivity index (χ0n) is 17.5. The Morgan fingerprint density at radius 1 is 0.933 bits per heavy atom. The molecule has 5 rings (SSSR count). The van der Waals surface area contributed by atoms with Crippen LogP contribution in [0.3, 0.4) is 0 Å². The number of fused-ring (bicyclic) bond motifs is 4. The SMILES string of the molecule is COc1cccc2c1CC[C@H]1[C@@H]2CCN1CCCCN1C(=O)c2ccccc2C1=O. The fourth-order valence-electron chi connectivity index (χ4n) is 5.65. The third-order valence-corrected chi connectivity index (χ3v) is 7.09. The second-order valence-electron chi connectivity index (χ2n) is 8.58. The molecule has 2 atom stereocenters. The molecule has 30 heavy (non-hydrogen) atoms. The third kappa shape index (κ3) is 3.12. The van der Waals surface area contributed by atoms with Gasteiger partial charge < -0.3 is 4.74 Å². The van der Waals surface area contributed by atoms with Crippen LogP contribution in [-0.4, -0.2) is 54.4 Å². The normalized spacial score (nSPS) is 22.8. The first-order chi connectivity index (χ1) is 14.7. The fraction of sp³-hybridized carbons (Fsp3) is 0.440. The van der Waals surface area contributed by atoms with Crippen molar-refractivity contribution in [2.45, 2.75) is 44.1 Å². The van der Waals surface area contributed by atoms with Crippen LogP contribution in [0.25, 0.3) is 0 Å². The second-order valence-corrected chi connectivity index (χ2v) is 8.58. The van der Waals surface area contributed by atoms with Crippen molar-refractivity contribution in [1.29, 1.82) is 0 Å². The molecule has 2 aromatic rings. The van der Waals surface area contributed by atoms with E-state index in [0.717, 1.165) is 38.1 Å². The summed E-state index contributed by atoms with van der Waals surface area (Å²) < 4.78 is 5.58. The van der Waals surface area contributed by atoms with Crippen LogP contribution in [0, 0.1) is 0 Å². The maximum absolute atomic E-state index is 12.5. The molecule has 3 aliphatic rings. The van der Waals surface area contributed by atoms with E-state index < -0.39 is 0 Å². The highest BCUT2D eigenvalue weighted by Gasteiger charge is 2.39. The first kappa shape index (κ1) is 19.3. The highest BCUT2D eigenvalue weighted by atomic mass is 16.5. The number of unbranched alkanes of at least 4 members (excludes halogenated alkanes) is 1. The third-order valence-electron chi connectivity index (χ3n) is 7.09. The minimum atomic E-state index is -0.144. The van der Waals surface area contributed by atoms with Crippen LogP contribution < -0.4 is 4.74 Å². The number of rotatable bonds is 6. The van der Waals surface area contributed by atoms with Crippen molar-refractivity contribution >= 4 is 11.8 Å².